The summed E-state index contributed by atoms with van der Waals surface area (Å²) < 4.78 is 7.38. The van der Waals surface area contributed by atoms with Crippen molar-refractivity contribution in [2.24, 2.45) is 0 Å². The van der Waals surface area contributed by atoms with Crippen LogP contribution in [0.1, 0.15) is 49.1 Å². The molecule has 0 aliphatic heterocycles. The van der Waals surface area contributed by atoms with Crippen molar-refractivity contribution in [2.45, 2.75) is 32.6 Å². The number of benzene rings is 2. The Morgan fingerprint density at radius 2 is 1.84 bits per heavy atom. The van der Waals surface area contributed by atoms with Gasteiger partial charge in [0, 0.05) is 30.8 Å². The lowest BCUT2D eigenvalue weighted by molar-refractivity contribution is -0.132. The molecule has 0 saturated heterocycles. The fraction of sp³-hybridized carbons (Fsp3) is 0.333. The molecule has 0 bridgehead atoms. The number of nitrogens with zero attached hydrogens (tertiary/aromatic N) is 4. The number of carbonyl (C=O) groups is 2. The summed E-state index contributed by atoms with van der Waals surface area (Å²) in [6.45, 7) is 5.09. The van der Waals surface area contributed by atoms with Crippen molar-refractivity contribution >= 4 is 17.5 Å². The highest BCUT2D eigenvalue weighted by molar-refractivity contribution is 6.01. The third-order valence-electron chi connectivity index (χ3n) is 5.35. The summed E-state index contributed by atoms with van der Waals surface area (Å²) >= 11 is 0. The van der Waals surface area contributed by atoms with Gasteiger partial charge in [-0.1, -0.05) is 24.3 Å². The molecule has 1 aliphatic carbocycles. The van der Waals surface area contributed by atoms with E-state index >= 15 is 0 Å². The summed E-state index contributed by atoms with van der Waals surface area (Å²) in [6.07, 6.45) is 2.11. The maximum absolute atomic E-state index is 12.8. The molecule has 1 aliphatic rings. The molecule has 0 unspecified atom stereocenters. The third-order valence-corrected chi connectivity index (χ3v) is 5.35. The molecular weight excluding hydrogens is 406 g/mol. The molecule has 1 saturated carbocycles. The van der Waals surface area contributed by atoms with Crippen LogP contribution in [0.25, 0.3) is 5.69 Å². The van der Waals surface area contributed by atoms with Crippen molar-refractivity contribution in [3.05, 3.63) is 66.2 Å². The molecule has 0 spiro atoms. The number of aromatic nitrogens is 3. The summed E-state index contributed by atoms with van der Waals surface area (Å²) in [5.41, 5.74) is 1.43. The zero-order chi connectivity index (χ0) is 22.5. The van der Waals surface area contributed by atoms with E-state index in [2.05, 4.69) is 15.4 Å². The van der Waals surface area contributed by atoms with Crippen molar-refractivity contribution in [3.8, 4) is 11.4 Å². The van der Waals surface area contributed by atoms with Crippen LogP contribution in [0, 0.1) is 0 Å². The molecule has 8 heteroatoms. The molecule has 3 aromatic rings. The SMILES string of the molecule is CCN(CC)C(=O)COc1cccc(NC(=O)c2nc(C3CC3)n(-c3ccccc3)n2)c1. The lowest BCUT2D eigenvalue weighted by Crippen LogP contribution is -2.34. The van der Waals surface area contributed by atoms with Gasteiger partial charge >= 0.3 is 0 Å². The maximum atomic E-state index is 12.8. The highest BCUT2D eigenvalue weighted by Gasteiger charge is 2.31. The van der Waals surface area contributed by atoms with Crippen molar-refractivity contribution in [1.29, 1.82) is 0 Å². The van der Waals surface area contributed by atoms with Crippen LogP contribution in [-0.4, -0.2) is 51.2 Å². The Kier molecular flexibility index (Phi) is 6.49. The van der Waals surface area contributed by atoms with Crippen LogP contribution in [0.15, 0.2) is 54.6 Å². The van der Waals surface area contributed by atoms with Gasteiger partial charge in [0.2, 0.25) is 5.82 Å². The van der Waals surface area contributed by atoms with E-state index in [0.717, 1.165) is 24.4 Å². The van der Waals surface area contributed by atoms with Crippen LogP contribution in [0.4, 0.5) is 5.69 Å². The molecule has 2 aromatic carbocycles. The molecule has 32 heavy (non-hydrogen) atoms. The van der Waals surface area contributed by atoms with Gasteiger partial charge in [0.1, 0.15) is 11.6 Å². The molecule has 1 heterocycles. The Morgan fingerprint density at radius 1 is 1.09 bits per heavy atom. The number of para-hydroxylation sites is 1. The van der Waals surface area contributed by atoms with Crippen LogP contribution in [-0.2, 0) is 4.79 Å². The Hall–Kier alpha value is -3.68. The van der Waals surface area contributed by atoms with Gasteiger partial charge in [-0.2, -0.15) is 0 Å². The topological polar surface area (TPSA) is 89.4 Å². The normalized spacial score (nSPS) is 12.9. The average Bonchev–Trinajstić information content (AvgIpc) is 3.57. The number of rotatable bonds is 9. The van der Waals surface area contributed by atoms with E-state index in [-0.39, 0.29) is 18.3 Å². The van der Waals surface area contributed by atoms with Crippen LogP contribution < -0.4 is 10.1 Å². The van der Waals surface area contributed by atoms with Gasteiger partial charge in [-0.25, -0.2) is 9.67 Å². The second-order valence-electron chi connectivity index (χ2n) is 7.65. The van der Waals surface area contributed by atoms with Gasteiger partial charge in [-0.3, -0.25) is 9.59 Å². The monoisotopic (exact) mass is 433 g/mol. The Labute approximate surface area is 187 Å². The highest BCUT2D eigenvalue weighted by atomic mass is 16.5. The predicted molar refractivity (Wildman–Crippen MR) is 121 cm³/mol. The molecule has 1 fully saturated rings. The Balaban J connectivity index is 1.45. The number of hydrogen-bond acceptors (Lipinski definition) is 5. The Bertz CT molecular complexity index is 1090. The van der Waals surface area contributed by atoms with Gasteiger partial charge in [-0.15, -0.1) is 5.10 Å². The standard InChI is InChI=1S/C24H27N5O3/c1-3-28(4-2)21(30)16-32-20-12-8-9-18(15-20)25-24(31)22-26-23(17-13-14-17)29(27-22)19-10-6-5-7-11-19/h5-12,15,17H,3-4,13-14,16H2,1-2H3,(H,25,31). The first kappa shape index (κ1) is 21.5. The van der Waals surface area contributed by atoms with E-state index in [1.165, 1.54) is 0 Å². The molecular formula is C24H27N5O3. The van der Waals surface area contributed by atoms with Crippen molar-refractivity contribution in [1.82, 2.24) is 19.7 Å². The van der Waals surface area contributed by atoms with Gasteiger partial charge in [-0.05, 0) is 51.0 Å². The van der Waals surface area contributed by atoms with Crippen LogP contribution in [0.2, 0.25) is 0 Å². The number of hydrogen-bond donors (Lipinski definition) is 1. The third kappa shape index (κ3) is 4.96. The first-order valence-electron chi connectivity index (χ1n) is 10.9. The smallest absolute Gasteiger partial charge is 0.295 e. The quantitative estimate of drug-likeness (QED) is 0.556. The highest BCUT2D eigenvalue weighted by Crippen LogP contribution is 2.39. The van der Waals surface area contributed by atoms with Crippen LogP contribution in [0.3, 0.4) is 0 Å². The first-order valence-corrected chi connectivity index (χ1v) is 10.9. The maximum Gasteiger partial charge on any atom is 0.295 e. The number of amides is 2. The van der Waals surface area contributed by atoms with Gasteiger partial charge in [0.15, 0.2) is 6.61 Å². The number of ether oxygens (including phenoxy) is 1. The molecule has 166 valence electrons. The molecule has 0 atom stereocenters. The minimum atomic E-state index is -0.391. The Morgan fingerprint density at radius 3 is 2.53 bits per heavy atom. The summed E-state index contributed by atoms with van der Waals surface area (Å²) in [5, 5.41) is 7.30. The van der Waals surface area contributed by atoms with E-state index in [4.69, 9.17) is 4.74 Å². The second kappa shape index (κ2) is 9.64. The van der Waals surface area contributed by atoms with Crippen molar-refractivity contribution < 1.29 is 14.3 Å². The minimum Gasteiger partial charge on any atom is -0.484 e. The van der Waals surface area contributed by atoms with E-state index in [1.54, 1.807) is 33.8 Å². The second-order valence-corrected chi connectivity index (χ2v) is 7.65. The zero-order valence-corrected chi connectivity index (χ0v) is 18.3. The number of likely N-dealkylation sites (N-methyl/N-ethyl adjacent to an activating group) is 1. The van der Waals surface area contributed by atoms with Crippen LogP contribution >= 0.6 is 0 Å². The van der Waals surface area contributed by atoms with E-state index in [0.29, 0.717) is 30.4 Å². The number of anilines is 1. The van der Waals surface area contributed by atoms with E-state index < -0.39 is 5.91 Å². The average molecular weight is 434 g/mol. The van der Waals surface area contributed by atoms with Gasteiger partial charge < -0.3 is 15.0 Å². The first-order chi connectivity index (χ1) is 15.6. The zero-order valence-electron chi connectivity index (χ0n) is 18.3. The summed E-state index contributed by atoms with van der Waals surface area (Å²) in [4.78, 5) is 31.2. The molecule has 1 aromatic heterocycles. The fourth-order valence-corrected chi connectivity index (χ4v) is 3.45. The summed E-state index contributed by atoms with van der Waals surface area (Å²) in [5.74, 6) is 1.31. The van der Waals surface area contributed by atoms with Crippen molar-refractivity contribution in [3.63, 3.8) is 0 Å². The number of carbonyl (C=O) groups excluding carboxylic acids is 2. The minimum absolute atomic E-state index is 0.0487. The number of nitrogens with one attached hydrogen (secondary N) is 1. The van der Waals surface area contributed by atoms with Crippen LogP contribution in [0.5, 0.6) is 5.75 Å². The fourth-order valence-electron chi connectivity index (χ4n) is 3.45. The summed E-state index contributed by atoms with van der Waals surface area (Å²) in [7, 11) is 0. The van der Waals surface area contributed by atoms with Crippen molar-refractivity contribution in [2.75, 3.05) is 25.0 Å². The summed E-state index contributed by atoms with van der Waals surface area (Å²) in [6, 6.07) is 16.7. The largest absolute Gasteiger partial charge is 0.484 e. The predicted octanol–water partition coefficient (Wildman–Crippen LogP) is 3.64. The molecule has 1 N–H and O–H groups in total. The van der Waals surface area contributed by atoms with Gasteiger partial charge in [0.25, 0.3) is 11.8 Å². The lowest BCUT2D eigenvalue weighted by atomic mass is 10.3. The van der Waals surface area contributed by atoms with Gasteiger partial charge in [0.05, 0.1) is 5.69 Å². The molecule has 2 amide bonds. The lowest BCUT2D eigenvalue weighted by Gasteiger charge is -2.18. The van der Waals surface area contributed by atoms with E-state index in [1.807, 2.05) is 44.2 Å². The molecule has 0 radical (unpaired) electrons. The molecule has 8 nitrogen and oxygen atoms in total. The molecule has 4 rings (SSSR count). The van der Waals surface area contributed by atoms with E-state index in [9.17, 15) is 9.59 Å².